The molecule has 19 heavy (non-hydrogen) atoms. The first-order valence-electron chi connectivity index (χ1n) is 7.24. The third-order valence-electron chi connectivity index (χ3n) is 3.95. The summed E-state index contributed by atoms with van der Waals surface area (Å²) in [5.74, 6) is 1.62. The highest BCUT2D eigenvalue weighted by molar-refractivity contribution is 5.01. The summed E-state index contributed by atoms with van der Waals surface area (Å²) in [6.07, 6.45) is 0.807. The summed E-state index contributed by atoms with van der Waals surface area (Å²) in [5, 5.41) is 7.54. The van der Waals surface area contributed by atoms with Crippen molar-refractivity contribution < 1.29 is 4.52 Å². The minimum absolute atomic E-state index is 0.332. The van der Waals surface area contributed by atoms with Gasteiger partial charge in [-0.2, -0.15) is 4.98 Å². The summed E-state index contributed by atoms with van der Waals surface area (Å²) in [6.45, 7) is 10.8. The van der Waals surface area contributed by atoms with Gasteiger partial charge in [0.15, 0.2) is 5.82 Å². The molecule has 3 saturated heterocycles. The molecule has 1 atom stereocenters. The average Bonchev–Trinajstić information content (AvgIpc) is 2.88. The summed E-state index contributed by atoms with van der Waals surface area (Å²) in [7, 11) is 0. The van der Waals surface area contributed by atoms with Crippen molar-refractivity contribution in [2.75, 3.05) is 39.3 Å². The average molecular weight is 265 g/mol. The minimum atomic E-state index is 0.332. The Hall–Kier alpha value is -0.980. The Morgan fingerprint density at radius 1 is 1.32 bits per heavy atom. The molecule has 1 unspecified atom stereocenters. The molecule has 4 rings (SSSR count). The van der Waals surface area contributed by atoms with Crippen molar-refractivity contribution in [3.05, 3.63) is 11.7 Å². The molecule has 1 N–H and O–H groups in total. The molecule has 3 aliphatic heterocycles. The van der Waals surface area contributed by atoms with Gasteiger partial charge in [0.2, 0.25) is 5.89 Å². The van der Waals surface area contributed by atoms with Gasteiger partial charge in [-0.05, 0) is 0 Å². The van der Waals surface area contributed by atoms with E-state index < -0.39 is 0 Å². The molecular formula is C13H23N5O. The molecule has 1 aromatic heterocycles. The van der Waals surface area contributed by atoms with Gasteiger partial charge in [-0.1, -0.05) is 19.0 Å². The van der Waals surface area contributed by atoms with Gasteiger partial charge < -0.3 is 9.84 Å². The molecule has 0 aromatic carbocycles. The lowest BCUT2D eigenvalue weighted by molar-refractivity contribution is 0.00781. The summed E-state index contributed by atoms with van der Waals surface area (Å²) in [4.78, 5) is 9.52. The van der Waals surface area contributed by atoms with Crippen LogP contribution in [0.25, 0.3) is 0 Å². The Morgan fingerprint density at radius 2 is 2.11 bits per heavy atom. The van der Waals surface area contributed by atoms with Crippen molar-refractivity contribution in [3.8, 4) is 0 Å². The molecule has 3 aliphatic rings. The maximum absolute atomic E-state index is 5.36. The number of aromatic nitrogens is 2. The molecular weight excluding hydrogens is 242 g/mol. The molecule has 6 heteroatoms. The third kappa shape index (κ3) is 2.96. The van der Waals surface area contributed by atoms with E-state index in [2.05, 4.69) is 39.1 Å². The molecule has 0 spiro atoms. The van der Waals surface area contributed by atoms with Crippen molar-refractivity contribution in [3.63, 3.8) is 0 Å². The first-order valence-corrected chi connectivity index (χ1v) is 7.24. The van der Waals surface area contributed by atoms with Gasteiger partial charge in [0.05, 0.1) is 6.04 Å². The fourth-order valence-electron chi connectivity index (χ4n) is 2.84. The lowest BCUT2D eigenvalue weighted by Crippen LogP contribution is -2.57. The van der Waals surface area contributed by atoms with Crippen LogP contribution < -0.4 is 5.32 Å². The molecule has 0 amide bonds. The van der Waals surface area contributed by atoms with Crippen molar-refractivity contribution >= 4 is 0 Å². The van der Waals surface area contributed by atoms with Crippen LogP contribution in [0.4, 0.5) is 0 Å². The summed E-state index contributed by atoms with van der Waals surface area (Å²) >= 11 is 0. The molecule has 0 aliphatic carbocycles. The van der Waals surface area contributed by atoms with Crippen LogP contribution in [0.15, 0.2) is 4.52 Å². The number of piperazine rings is 3. The van der Waals surface area contributed by atoms with Crippen LogP contribution in [0.2, 0.25) is 0 Å². The zero-order valence-electron chi connectivity index (χ0n) is 11.8. The normalized spacial score (nSPS) is 30.2. The van der Waals surface area contributed by atoms with Gasteiger partial charge in [0.25, 0.3) is 0 Å². The number of hydrogen-bond donors (Lipinski definition) is 1. The van der Waals surface area contributed by atoms with Crippen molar-refractivity contribution in [2.45, 2.75) is 32.4 Å². The van der Waals surface area contributed by atoms with Crippen LogP contribution >= 0.6 is 0 Å². The zero-order chi connectivity index (χ0) is 13.2. The van der Waals surface area contributed by atoms with Crippen molar-refractivity contribution in [2.24, 2.45) is 0 Å². The van der Waals surface area contributed by atoms with E-state index in [4.69, 9.17) is 4.52 Å². The second-order valence-electron chi connectivity index (χ2n) is 5.76. The zero-order valence-corrected chi connectivity index (χ0v) is 11.8. The maximum Gasteiger partial charge on any atom is 0.227 e. The van der Waals surface area contributed by atoms with Crippen molar-refractivity contribution in [1.82, 2.24) is 25.3 Å². The van der Waals surface area contributed by atoms with E-state index in [0.29, 0.717) is 12.1 Å². The van der Waals surface area contributed by atoms with Crippen LogP contribution in [-0.4, -0.2) is 65.3 Å². The lowest BCUT2D eigenvalue weighted by Gasteiger charge is -2.46. The standard InChI is InChI=1S/C13H23N5O/c1-10(2)14-4-3-12-15-13(16-19-12)11-9-17-5-7-18(11)8-6-17/h10-11,14H,3-9H2,1-2H3. The van der Waals surface area contributed by atoms with E-state index in [1.54, 1.807) is 0 Å². The van der Waals surface area contributed by atoms with Crippen LogP contribution in [0.3, 0.4) is 0 Å². The highest BCUT2D eigenvalue weighted by atomic mass is 16.5. The Balaban J connectivity index is 1.58. The predicted molar refractivity (Wildman–Crippen MR) is 71.9 cm³/mol. The fourth-order valence-corrected chi connectivity index (χ4v) is 2.84. The fraction of sp³-hybridized carbons (Fsp3) is 0.846. The highest BCUT2D eigenvalue weighted by Gasteiger charge is 2.35. The molecule has 0 saturated carbocycles. The monoisotopic (exact) mass is 265 g/mol. The molecule has 106 valence electrons. The largest absolute Gasteiger partial charge is 0.339 e. The summed E-state index contributed by atoms with van der Waals surface area (Å²) in [5.41, 5.74) is 0. The molecule has 4 heterocycles. The molecule has 3 fully saturated rings. The second-order valence-corrected chi connectivity index (χ2v) is 5.76. The second kappa shape index (κ2) is 5.56. The van der Waals surface area contributed by atoms with Crippen LogP contribution in [-0.2, 0) is 6.42 Å². The van der Waals surface area contributed by atoms with Gasteiger partial charge in [0.1, 0.15) is 0 Å². The van der Waals surface area contributed by atoms with E-state index in [1.165, 1.54) is 13.1 Å². The lowest BCUT2D eigenvalue weighted by atomic mass is 10.1. The van der Waals surface area contributed by atoms with E-state index in [0.717, 1.165) is 44.3 Å². The summed E-state index contributed by atoms with van der Waals surface area (Å²) in [6, 6.07) is 0.827. The molecule has 0 radical (unpaired) electrons. The van der Waals surface area contributed by atoms with E-state index in [9.17, 15) is 0 Å². The number of fused-ring (bicyclic) bond motifs is 3. The SMILES string of the molecule is CC(C)NCCc1nc(C2CN3CCN2CC3)no1. The van der Waals surface area contributed by atoms with Crippen LogP contribution in [0, 0.1) is 0 Å². The Morgan fingerprint density at radius 3 is 2.74 bits per heavy atom. The van der Waals surface area contributed by atoms with Crippen LogP contribution in [0.5, 0.6) is 0 Å². The van der Waals surface area contributed by atoms with E-state index in [1.807, 2.05) is 0 Å². The first-order chi connectivity index (χ1) is 9.22. The van der Waals surface area contributed by atoms with Gasteiger partial charge in [0, 0.05) is 51.7 Å². The van der Waals surface area contributed by atoms with E-state index >= 15 is 0 Å². The minimum Gasteiger partial charge on any atom is -0.339 e. The van der Waals surface area contributed by atoms with Gasteiger partial charge in [-0.25, -0.2) is 0 Å². The highest BCUT2D eigenvalue weighted by Crippen LogP contribution is 2.26. The number of nitrogens with one attached hydrogen (secondary N) is 1. The molecule has 2 bridgehead atoms. The smallest absolute Gasteiger partial charge is 0.227 e. The van der Waals surface area contributed by atoms with Crippen LogP contribution in [0.1, 0.15) is 31.6 Å². The Kier molecular flexibility index (Phi) is 3.81. The van der Waals surface area contributed by atoms with Gasteiger partial charge in [-0.15, -0.1) is 0 Å². The third-order valence-corrected chi connectivity index (χ3v) is 3.95. The topological polar surface area (TPSA) is 57.4 Å². The first kappa shape index (κ1) is 13.0. The Labute approximate surface area is 114 Å². The number of hydrogen-bond acceptors (Lipinski definition) is 6. The quantitative estimate of drug-likeness (QED) is 0.825. The van der Waals surface area contributed by atoms with Gasteiger partial charge in [-0.3, -0.25) is 9.80 Å². The van der Waals surface area contributed by atoms with E-state index in [-0.39, 0.29) is 0 Å². The van der Waals surface area contributed by atoms with Gasteiger partial charge >= 0.3 is 0 Å². The molecule has 1 aromatic rings. The Bertz CT molecular complexity index is 411. The summed E-state index contributed by atoms with van der Waals surface area (Å²) < 4.78 is 5.36. The molecule has 6 nitrogen and oxygen atoms in total. The number of nitrogens with zero attached hydrogens (tertiary/aromatic N) is 4. The maximum atomic E-state index is 5.36. The number of rotatable bonds is 5. The van der Waals surface area contributed by atoms with Crippen molar-refractivity contribution in [1.29, 1.82) is 0 Å². The predicted octanol–water partition coefficient (Wildman–Crippen LogP) is 0.282.